The van der Waals surface area contributed by atoms with Gasteiger partial charge in [-0.15, -0.1) is 0 Å². The number of rotatable bonds is 8. The van der Waals surface area contributed by atoms with Crippen molar-refractivity contribution in [2.45, 2.75) is 25.8 Å². The second kappa shape index (κ2) is 11.5. The molecule has 8 nitrogen and oxygen atoms in total. The van der Waals surface area contributed by atoms with E-state index in [1.54, 1.807) is 30.5 Å². The van der Waals surface area contributed by atoms with Gasteiger partial charge in [-0.3, -0.25) is 0 Å². The van der Waals surface area contributed by atoms with E-state index >= 15 is 0 Å². The Labute approximate surface area is 230 Å². The zero-order valence-electron chi connectivity index (χ0n) is 21.8. The van der Waals surface area contributed by atoms with Crippen LogP contribution in [0.1, 0.15) is 30.4 Å². The van der Waals surface area contributed by atoms with Crippen molar-refractivity contribution >= 4 is 40.6 Å². The highest BCUT2D eigenvalue weighted by atomic mass is 19.1. The molecule has 5 aromatic rings. The summed E-state index contributed by atoms with van der Waals surface area (Å²) in [6.07, 6.45) is 6.99. The molecule has 3 aromatic carbocycles. The number of nitrogens with one attached hydrogen (secondary N) is 2. The molecule has 1 saturated heterocycles. The largest absolute Gasteiger partial charge is 0.342 e. The summed E-state index contributed by atoms with van der Waals surface area (Å²) in [5.74, 6) is 0.620. The Morgan fingerprint density at radius 2 is 1.57 bits per heavy atom. The molecule has 3 heterocycles. The molecule has 0 spiro atoms. The fourth-order valence-corrected chi connectivity index (χ4v) is 4.85. The molecule has 0 atom stereocenters. The maximum atomic E-state index is 14.3. The van der Waals surface area contributed by atoms with E-state index in [2.05, 4.69) is 35.7 Å². The highest BCUT2D eigenvalue weighted by molar-refractivity contribution is 5.99. The quantitative estimate of drug-likeness (QED) is 0.177. The van der Waals surface area contributed by atoms with E-state index in [1.165, 1.54) is 24.6 Å². The Hall–Kier alpha value is -4.86. The smallest absolute Gasteiger partial charge is 0.250 e. The summed E-state index contributed by atoms with van der Waals surface area (Å²) >= 11 is 0. The Morgan fingerprint density at radius 1 is 0.825 bits per heavy atom. The Kier molecular flexibility index (Phi) is 7.30. The maximum Gasteiger partial charge on any atom is 0.250 e. The minimum absolute atomic E-state index is 0.235. The van der Waals surface area contributed by atoms with E-state index in [9.17, 15) is 8.78 Å². The Balaban J connectivity index is 1.26. The lowest BCUT2D eigenvalue weighted by atomic mass is 10.1. The number of piperidine rings is 1. The van der Waals surface area contributed by atoms with Gasteiger partial charge in [-0.05, 0) is 55.7 Å². The van der Waals surface area contributed by atoms with E-state index in [0.29, 0.717) is 29.7 Å². The lowest BCUT2D eigenvalue weighted by Gasteiger charge is -2.26. The van der Waals surface area contributed by atoms with Crippen molar-refractivity contribution in [1.82, 2.24) is 19.5 Å². The van der Waals surface area contributed by atoms with Crippen LogP contribution in [0.5, 0.6) is 0 Å². The van der Waals surface area contributed by atoms with Gasteiger partial charge in [0.2, 0.25) is 17.8 Å². The van der Waals surface area contributed by atoms with E-state index in [-0.39, 0.29) is 17.6 Å². The van der Waals surface area contributed by atoms with Gasteiger partial charge in [0.25, 0.3) is 0 Å². The summed E-state index contributed by atoms with van der Waals surface area (Å²) in [6, 6.07) is 20.7. The van der Waals surface area contributed by atoms with Gasteiger partial charge in [-0.2, -0.15) is 20.1 Å². The molecule has 1 aliphatic heterocycles. The monoisotopic (exact) mass is 538 g/mol. The molecule has 0 radical (unpaired) electrons. The first kappa shape index (κ1) is 25.4. The average Bonchev–Trinajstić information content (AvgIpc) is 3.33. The zero-order valence-corrected chi connectivity index (χ0v) is 21.8. The summed E-state index contributed by atoms with van der Waals surface area (Å²) in [5, 5.41) is 8.56. The number of hydrogen-bond acceptors (Lipinski definition) is 7. The third-order valence-corrected chi connectivity index (χ3v) is 6.85. The second-order valence-corrected chi connectivity index (χ2v) is 9.65. The number of para-hydroxylation sites is 1. The summed E-state index contributed by atoms with van der Waals surface area (Å²) < 4.78 is 29.7. The number of hydrogen-bond donors (Lipinski definition) is 2. The van der Waals surface area contributed by atoms with Crippen molar-refractivity contribution in [2.24, 2.45) is 5.10 Å². The number of fused-ring (bicyclic) bond motifs is 1. The Morgan fingerprint density at radius 3 is 2.40 bits per heavy atom. The summed E-state index contributed by atoms with van der Waals surface area (Å²) in [6.45, 7) is 2.13. The molecule has 6 rings (SSSR count). The van der Waals surface area contributed by atoms with Crippen LogP contribution in [0.4, 0.5) is 32.3 Å². The first-order valence-electron chi connectivity index (χ1n) is 13.3. The third-order valence-electron chi connectivity index (χ3n) is 6.85. The van der Waals surface area contributed by atoms with Crippen LogP contribution >= 0.6 is 0 Å². The van der Waals surface area contributed by atoms with Gasteiger partial charge in [0.1, 0.15) is 11.6 Å². The molecule has 0 unspecified atom stereocenters. The number of benzene rings is 3. The number of aromatic nitrogens is 4. The van der Waals surface area contributed by atoms with Crippen molar-refractivity contribution in [3.05, 3.63) is 102 Å². The van der Waals surface area contributed by atoms with Gasteiger partial charge in [-0.1, -0.05) is 36.4 Å². The zero-order chi connectivity index (χ0) is 27.3. The topological polar surface area (TPSA) is 83.3 Å². The SMILES string of the molecule is Fc1ccc(Nc2nc(N/N=C\c3cn(Cc4ccccc4F)c4ccccc34)nc(N3CCCCC3)n2)cc1. The van der Waals surface area contributed by atoms with Gasteiger partial charge >= 0.3 is 0 Å². The van der Waals surface area contributed by atoms with Gasteiger partial charge in [0, 0.05) is 47.0 Å². The molecular formula is C30H28F2N8. The number of anilines is 4. The summed E-state index contributed by atoms with van der Waals surface area (Å²) in [4.78, 5) is 15.8. The van der Waals surface area contributed by atoms with Gasteiger partial charge in [0.05, 0.1) is 12.8 Å². The standard InChI is InChI=1S/C30H28F2N8/c31-23-12-14-24(15-13-23)34-28-35-29(37-30(36-28)39-16-6-1-7-17-39)38-33-18-22-20-40(27-11-5-3-9-25(22)27)19-21-8-2-4-10-26(21)32/h2-5,8-15,18,20H,1,6-7,16-17,19H2,(H2,34,35,36,37,38)/b33-18-. The van der Waals surface area contributed by atoms with Crippen LogP contribution in [0.15, 0.2) is 84.1 Å². The van der Waals surface area contributed by atoms with E-state index < -0.39 is 0 Å². The molecule has 1 aliphatic rings. The molecule has 0 amide bonds. The molecular weight excluding hydrogens is 510 g/mol. The third kappa shape index (κ3) is 5.75. The minimum atomic E-state index is -0.317. The lowest BCUT2D eigenvalue weighted by Crippen LogP contribution is -2.31. The fourth-order valence-electron chi connectivity index (χ4n) is 4.85. The first-order chi connectivity index (χ1) is 19.6. The molecule has 10 heteroatoms. The molecule has 202 valence electrons. The molecule has 1 fully saturated rings. The van der Waals surface area contributed by atoms with E-state index in [0.717, 1.165) is 42.4 Å². The van der Waals surface area contributed by atoms with Crippen LogP contribution in [-0.2, 0) is 6.54 Å². The maximum absolute atomic E-state index is 14.3. The van der Waals surface area contributed by atoms with Crippen molar-refractivity contribution in [2.75, 3.05) is 28.7 Å². The van der Waals surface area contributed by atoms with Crippen molar-refractivity contribution in [3.63, 3.8) is 0 Å². The van der Waals surface area contributed by atoms with E-state index in [4.69, 9.17) is 0 Å². The highest BCUT2D eigenvalue weighted by Crippen LogP contribution is 2.23. The van der Waals surface area contributed by atoms with Crippen molar-refractivity contribution in [1.29, 1.82) is 0 Å². The average molecular weight is 539 g/mol. The molecule has 0 saturated carbocycles. The van der Waals surface area contributed by atoms with Crippen molar-refractivity contribution in [3.8, 4) is 0 Å². The molecule has 40 heavy (non-hydrogen) atoms. The van der Waals surface area contributed by atoms with Crippen molar-refractivity contribution < 1.29 is 8.78 Å². The lowest BCUT2D eigenvalue weighted by molar-refractivity contribution is 0.568. The first-order valence-corrected chi connectivity index (χ1v) is 13.3. The van der Waals surface area contributed by atoms with Gasteiger partial charge < -0.3 is 14.8 Å². The van der Waals surface area contributed by atoms with Gasteiger partial charge in [0.15, 0.2) is 0 Å². The summed E-state index contributed by atoms with van der Waals surface area (Å²) in [5.41, 5.74) is 6.07. The highest BCUT2D eigenvalue weighted by Gasteiger charge is 2.17. The normalized spacial score (nSPS) is 13.7. The predicted octanol–water partition coefficient (Wildman–Crippen LogP) is 6.33. The second-order valence-electron chi connectivity index (χ2n) is 9.65. The number of nitrogens with zero attached hydrogens (tertiary/aromatic N) is 6. The summed E-state index contributed by atoms with van der Waals surface area (Å²) in [7, 11) is 0. The van der Waals surface area contributed by atoms with E-state index in [1.807, 2.05) is 41.1 Å². The van der Waals surface area contributed by atoms with Crippen LogP contribution in [0.2, 0.25) is 0 Å². The van der Waals surface area contributed by atoms with Crippen LogP contribution in [0.3, 0.4) is 0 Å². The fraction of sp³-hybridized carbons (Fsp3) is 0.200. The molecule has 0 aliphatic carbocycles. The molecule has 2 aromatic heterocycles. The van der Waals surface area contributed by atoms with Crippen LogP contribution in [-0.4, -0.2) is 38.8 Å². The Bertz CT molecular complexity index is 1640. The number of halogens is 2. The minimum Gasteiger partial charge on any atom is -0.342 e. The molecule has 2 N–H and O–H groups in total. The molecule has 0 bridgehead atoms. The predicted molar refractivity (Wildman–Crippen MR) is 154 cm³/mol. The number of hydrazone groups is 1. The van der Waals surface area contributed by atoms with Gasteiger partial charge in [-0.25, -0.2) is 14.2 Å². The van der Waals surface area contributed by atoms with Crippen LogP contribution in [0.25, 0.3) is 10.9 Å². The van der Waals surface area contributed by atoms with Crippen LogP contribution < -0.4 is 15.6 Å². The van der Waals surface area contributed by atoms with Crippen LogP contribution in [0, 0.1) is 11.6 Å².